The molecule has 0 saturated carbocycles. The van der Waals surface area contributed by atoms with E-state index < -0.39 is 0 Å². The Labute approximate surface area is 139 Å². The van der Waals surface area contributed by atoms with Gasteiger partial charge in [-0.1, -0.05) is 12.1 Å². The van der Waals surface area contributed by atoms with Gasteiger partial charge in [0.25, 0.3) is 0 Å². The van der Waals surface area contributed by atoms with Gasteiger partial charge in [0.2, 0.25) is 0 Å². The molecule has 1 N–H and O–H groups in total. The van der Waals surface area contributed by atoms with Crippen molar-refractivity contribution in [1.29, 1.82) is 0 Å². The molecule has 3 aromatic rings. The molecule has 2 heterocycles. The first-order valence-corrected chi connectivity index (χ1v) is 9.03. The summed E-state index contributed by atoms with van der Waals surface area (Å²) in [5.41, 5.74) is 1.78. The molecule has 0 atom stereocenters. The number of thiophene rings is 2. The highest BCUT2D eigenvalue weighted by molar-refractivity contribution is 9.10. The minimum absolute atomic E-state index is 0.164. The second-order valence-electron chi connectivity index (χ2n) is 4.63. The Kier molecular flexibility index (Phi) is 4.85. The highest BCUT2D eigenvalue weighted by Crippen LogP contribution is 2.28. The second-order valence-corrected chi connectivity index (χ2v) is 7.49. The summed E-state index contributed by atoms with van der Waals surface area (Å²) in [6.07, 6.45) is 0. The van der Waals surface area contributed by atoms with Gasteiger partial charge < -0.3 is 5.32 Å². The topological polar surface area (TPSA) is 12.0 Å². The smallest absolute Gasteiger partial charge is 0.131 e. The minimum atomic E-state index is -0.164. The summed E-state index contributed by atoms with van der Waals surface area (Å²) in [5, 5.41) is 7.43. The fraction of sp³-hybridized carbons (Fsp3) is 0.125. The molecule has 0 unspecified atom stereocenters. The quantitative estimate of drug-likeness (QED) is 0.600. The normalized spacial score (nSPS) is 11.0. The van der Waals surface area contributed by atoms with Crippen LogP contribution in [0.1, 0.15) is 10.4 Å². The van der Waals surface area contributed by atoms with Gasteiger partial charge in [-0.15, -0.1) is 22.7 Å². The summed E-state index contributed by atoms with van der Waals surface area (Å²) in [4.78, 5) is 2.25. The Bertz CT molecular complexity index is 722. The van der Waals surface area contributed by atoms with Crippen molar-refractivity contribution in [2.75, 3.05) is 0 Å². The fourth-order valence-corrected chi connectivity index (χ4v) is 4.24. The molecule has 0 saturated heterocycles. The van der Waals surface area contributed by atoms with E-state index in [-0.39, 0.29) is 5.82 Å². The Hall–Kier alpha value is -1.01. The number of halogens is 2. The molecule has 0 aliphatic heterocycles. The number of benzene rings is 1. The second kappa shape index (κ2) is 6.83. The third-order valence-electron chi connectivity index (χ3n) is 3.07. The zero-order chi connectivity index (χ0) is 14.7. The van der Waals surface area contributed by atoms with Crippen LogP contribution in [0.2, 0.25) is 0 Å². The van der Waals surface area contributed by atoms with Crippen molar-refractivity contribution < 1.29 is 4.39 Å². The van der Waals surface area contributed by atoms with Crippen molar-refractivity contribution in [3.63, 3.8) is 0 Å². The molecule has 2 aromatic heterocycles. The van der Waals surface area contributed by atoms with Crippen LogP contribution >= 0.6 is 38.6 Å². The molecule has 1 nitrogen and oxygen atoms in total. The average molecular weight is 382 g/mol. The first-order chi connectivity index (χ1) is 10.2. The van der Waals surface area contributed by atoms with Crippen molar-refractivity contribution in [3.8, 4) is 10.4 Å². The summed E-state index contributed by atoms with van der Waals surface area (Å²) in [6, 6.07) is 11.3. The Morgan fingerprint density at radius 3 is 2.71 bits per heavy atom. The van der Waals surface area contributed by atoms with E-state index in [0.29, 0.717) is 5.56 Å². The molecule has 21 heavy (non-hydrogen) atoms. The molecule has 108 valence electrons. The Balaban J connectivity index is 1.67. The molecule has 0 bridgehead atoms. The zero-order valence-corrected chi connectivity index (χ0v) is 14.3. The number of hydrogen-bond acceptors (Lipinski definition) is 3. The van der Waals surface area contributed by atoms with Crippen LogP contribution in [-0.4, -0.2) is 0 Å². The lowest BCUT2D eigenvalue weighted by atomic mass is 10.1. The van der Waals surface area contributed by atoms with Crippen LogP contribution in [0.3, 0.4) is 0 Å². The maximum Gasteiger partial charge on any atom is 0.131 e. The van der Waals surface area contributed by atoms with E-state index >= 15 is 0 Å². The molecule has 0 aliphatic rings. The van der Waals surface area contributed by atoms with Gasteiger partial charge in [0.05, 0.1) is 0 Å². The van der Waals surface area contributed by atoms with Crippen LogP contribution in [0.5, 0.6) is 0 Å². The predicted octanol–water partition coefficient (Wildman–Crippen LogP) is 5.67. The van der Waals surface area contributed by atoms with Gasteiger partial charge in [-0.2, -0.15) is 0 Å². The van der Waals surface area contributed by atoms with E-state index in [4.69, 9.17) is 0 Å². The van der Waals surface area contributed by atoms with E-state index in [1.807, 2.05) is 29.6 Å². The standard InChI is InChI=1S/C16H13BrFNS2/c17-12-7-13(21-10-12)9-19-8-11-3-4-15(18)14(6-11)16-2-1-5-20-16/h1-7,10,19H,8-9H2. The predicted molar refractivity (Wildman–Crippen MR) is 92.3 cm³/mol. The summed E-state index contributed by atoms with van der Waals surface area (Å²) >= 11 is 6.73. The molecular weight excluding hydrogens is 369 g/mol. The van der Waals surface area contributed by atoms with Crippen molar-refractivity contribution in [2.45, 2.75) is 13.1 Å². The van der Waals surface area contributed by atoms with Crippen molar-refractivity contribution in [2.24, 2.45) is 0 Å². The van der Waals surface area contributed by atoms with Gasteiger partial charge in [0.1, 0.15) is 5.82 Å². The van der Waals surface area contributed by atoms with Crippen molar-refractivity contribution >= 4 is 38.6 Å². The maximum atomic E-state index is 13.9. The monoisotopic (exact) mass is 381 g/mol. The summed E-state index contributed by atoms with van der Waals surface area (Å²) in [7, 11) is 0. The van der Waals surface area contributed by atoms with Gasteiger partial charge in [-0.3, -0.25) is 0 Å². The van der Waals surface area contributed by atoms with Crippen molar-refractivity contribution in [1.82, 2.24) is 5.32 Å². The lowest BCUT2D eigenvalue weighted by molar-refractivity contribution is 0.629. The lowest BCUT2D eigenvalue weighted by Gasteiger charge is -2.07. The van der Waals surface area contributed by atoms with Crippen LogP contribution < -0.4 is 5.32 Å². The molecule has 3 rings (SSSR count). The molecule has 0 amide bonds. The van der Waals surface area contributed by atoms with Crippen LogP contribution in [0, 0.1) is 5.82 Å². The average Bonchev–Trinajstić information content (AvgIpc) is 3.12. The van der Waals surface area contributed by atoms with E-state index in [1.165, 1.54) is 4.88 Å². The van der Waals surface area contributed by atoms with Gasteiger partial charge in [0.15, 0.2) is 0 Å². The van der Waals surface area contributed by atoms with Gasteiger partial charge in [-0.05, 0) is 51.1 Å². The Morgan fingerprint density at radius 1 is 1.10 bits per heavy atom. The summed E-state index contributed by atoms with van der Waals surface area (Å²) in [5.74, 6) is -0.164. The van der Waals surface area contributed by atoms with Crippen molar-refractivity contribution in [3.05, 3.63) is 67.9 Å². The molecule has 0 fully saturated rings. The number of nitrogens with one attached hydrogen (secondary N) is 1. The van der Waals surface area contributed by atoms with Crippen LogP contribution in [0.25, 0.3) is 10.4 Å². The summed E-state index contributed by atoms with van der Waals surface area (Å²) < 4.78 is 15.0. The number of hydrogen-bond donors (Lipinski definition) is 1. The number of rotatable bonds is 5. The van der Waals surface area contributed by atoms with Gasteiger partial charge >= 0.3 is 0 Å². The Morgan fingerprint density at radius 2 is 2.00 bits per heavy atom. The summed E-state index contributed by atoms with van der Waals surface area (Å²) in [6.45, 7) is 1.55. The van der Waals surface area contributed by atoms with E-state index in [2.05, 4.69) is 32.7 Å². The first-order valence-electron chi connectivity index (χ1n) is 6.48. The molecular formula is C16H13BrFNS2. The third kappa shape index (κ3) is 3.80. The highest BCUT2D eigenvalue weighted by Gasteiger charge is 2.07. The van der Waals surface area contributed by atoms with E-state index in [0.717, 1.165) is 28.0 Å². The third-order valence-corrected chi connectivity index (χ3v) is 5.67. The van der Waals surface area contributed by atoms with Gasteiger partial charge in [-0.25, -0.2) is 4.39 Å². The molecule has 0 radical (unpaired) electrons. The fourth-order valence-electron chi connectivity index (χ4n) is 2.08. The molecule has 0 spiro atoms. The first kappa shape index (κ1) is 14.9. The molecule has 0 aliphatic carbocycles. The molecule has 5 heteroatoms. The SMILES string of the molecule is Fc1ccc(CNCc2cc(Br)cs2)cc1-c1cccs1. The van der Waals surface area contributed by atoms with Gasteiger partial charge in [0, 0.05) is 38.3 Å². The largest absolute Gasteiger partial charge is 0.308 e. The maximum absolute atomic E-state index is 13.9. The van der Waals surface area contributed by atoms with E-state index in [9.17, 15) is 4.39 Å². The zero-order valence-electron chi connectivity index (χ0n) is 11.1. The highest BCUT2D eigenvalue weighted by atomic mass is 79.9. The van der Waals surface area contributed by atoms with Crippen LogP contribution in [-0.2, 0) is 13.1 Å². The lowest BCUT2D eigenvalue weighted by Crippen LogP contribution is -2.11. The van der Waals surface area contributed by atoms with E-state index in [1.54, 1.807) is 28.7 Å². The van der Waals surface area contributed by atoms with Crippen LogP contribution in [0.4, 0.5) is 4.39 Å². The van der Waals surface area contributed by atoms with Crippen LogP contribution in [0.15, 0.2) is 51.6 Å². The minimum Gasteiger partial charge on any atom is -0.308 e. The molecule has 1 aromatic carbocycles.